The van der Waals surface area contributed by atoms with Crippen LogP contribution < -0.4 is 4.74 Å². The third-order valence-electron chi connectivity index (χ3n) is 4.05. The van der Waals surface area contributed by atoms with Crippen LogP contribution >= 0.6 is 11.3 Å². The van der Waals surface area contributed by atoms with Crippen LogP contribution in [0.5, 0.6) is 5.88 Å². The van der Waals surface area contributed by atoms with Gasteiger partial charge in [0, 0.05) is 35.8 Å². The van der Waals surface area contributed by atoms with Gasteiger partial charge in [0.05, 0.1) is 18.3 Å². The van der Waals surface area contributed by atoms with Crippen molar-refractivity contribution in [1.82, 2.24) is 20.1 Å². The standard InChI is InChI=1S/C19H20N4O2S/c1-4-25-17-9-8-16(21-22-17)14-6-5-7-15(12-14)19(24)23(3)13(2)18-20-10-11-26-18/h5-13H,4H2,1-3H3/t13-/m1/s1. The summed E-state index contributed by atoms with van der Waals surface area (Å²) in [5.41, 5.74) is 2.13. The fraction of sp³-hybridized carbons (Fsp3) is 0.263. The third-order valence-corrected chi connectivity index (χ3v) is 4.99. The zero-order valence-electron chi connectivity index (χ0n) is 14.9. The van der Waals surface area contributed by atoms with E-state index in [-0.39, 0.29) is 11.9 Å². The van der Waals surface area contributed by atoms with Crippen LogP contribution in [0.3, 0.4) is 0 Å². The molecule has 2 heterocycles. The number of hydrogen-bond donors (Lipinski definition) is 0. The van der Waals surface area contributed by atoms with E-state index in [9.17, 15) is 4.79 Å². The average molecular weight is 368 g/mol. The van der Waals surface area contributed by atoms with E-state index < -0.39 is 0 Å². The van der Waals surface area contributed by atoms with Crippen LogP contribution in [-0.4, -0.2) is 39.6 Å². The highest BCUT2D eigenvalue weighted by Crippen LogP contribution is 2.24. The van der Waals surface area contributed by atoms with E-state index >= 15 is 0 Å². The molecule has 26 heavy (non-hydrogen) atoms. The van der Waals surface area contributed by atoms with Gasteiger partial charge in [-0.25, -0.2) is 4.98 Å². The van der Waals surface area contributed by atoms with Crippen molar-refractivity contribution in [3.05, 3.63) is 58.5 Å². The number of carbonyl (C=O) groups excluding carboxylic acids is 1. The van der Waals surface area contributed by atoms with Crippen molar-refractivity contribution in [2.45, 2.75) is 19.9 Å². The molecule has 0 unspecified atom stereocenters. The van der Waals surface area contributed by atoms with Crippen molar-refractivity contribution in [3.63, 3.8) is 0 Å². The van der Waals surface area contributed by atoms with Crippen LogP contribution in [0.4, 0.5) is 0 Å². The lowest BCUT2D eigenvalue weighted by atomic mass is 10.1. The summed E-state index contributed by atoms with van der Waals surface area (Å²) in [6.07, 6.45) is 1.75. The lowest BCUT2D eigenvalue weighted by Gasteiger charge is -2.23. The summed E-state index contributed by atoms with van der Waals surface area (Å²) in [6.45, 7) is 4.41. The van der Waals surface area contributed by atoms with E-state index in [0.717, 1.165) is 10.6 Å². The van der Waals surface area contributed by atoms with Gasteiger partial charge in [0.1, 0.15) is 5.01 Å². The zero-order chi connectivity index (χ0) is 18.5. The fourth-order valence-electron chi connectivity index (χ4n) is 2.50. The van der Waals surface area contributed by atoms with Gasteiger partial charge in [-0.2, -0.15) is 0 Å². The molecule has 7 heteroatoms. The normalized spacial score (nSPS) is 11.8. The minimum Gasteiger partial charge on any atom is -0.477 e. The third kappa shape index (κ3) is 3.88. The van der Waals surface area contributed by atoms with Crippen molar-refractivity contribution in [2.24, 2.45) is 0 Å². The highest BCUT2D eigenvalue weighted by molar-refractivity contribution is 7.09. The SMILES string of the molecule is CCOc1ccc(-c2cccc(C(=O)N(C)[C@H](C)c3nccs3)c2)nn1. The lowest BCUT2D eigenvalue weighted by molar-refractivity contribution is 0.0742. The van der Waals surface area contributed by atoms with Crippen LogP contribution in [0.1, 0.15) is 35.3 Å². The Hall–Kier alpha value is -2.80. The molecule has 3 aromatic rings. The van der Waals surface area contributed by atoms with Crippen LogP contribution in [-0.2, 0) is 0 Å². The van der Waals surface area contributed by atoms with Gasteiger partial charge < -0.3 is 9.64 Å². The summed E-state index contributed by atoms with van der Waals surface area (Å²) in [5, 5.41) is 11.0. The first-order valence-corrected chi connectivity index (χ1v) is 9.21. The van der Waals surface area contributed by atoms with Crippen LogP contribution in [0.15, 0.2) is 48.0 Å². The number of thiazole rings is 1. The van der Waals surface area contributed by atoms with E-state index in [1.807, 2.05) is 43.5 Å². The number of rotatable bonds is 6. The van der Waals surface area contributed by atoms with Crippen molar-refractivity contribution in [1.29, 1.82) is 0 Å². The summed E-state index contributed by atoms with van der Waals surface area (Å²) >= 11 is 1.54. The first kappa shape index (κ1) is 18.0. The molecule has 1 atom stereocenters. The molecule has 0 aliphatic heterocycles. The maximum atomic E-state index is 12.9. The van der Waals surface area contributed by atoms with Crippen molar-refractivity contribution in [2.75, 3.05) is 13.7 Å². The first-order valence-electron chi connectivity index (χ1n) is 8.33. The van der Waals surface area contributed by atoms with Crippen molar-refractivity contribution >= 4 is 17.2 Å². The Morgan fingerprint density at radius 2 is 2.12 bits per heavy atom. The highest BCUT2D eigenvalue weighted by Gasteiger charge is 2.21. The van der Waals surface area contributed by atoms with E-state index in [2.05, 4.69) is 15.2 Å². The molecule has 0 spiro atoms. The molecule has 0 bridgehead atoms. The number of nitrogens with zero attached hydrogens (tertiary/aromatic N) is 4. The maximum absolute atomic E-state index is 12.9. The molecule has 1 aromatic carbocycles. The molecule has 3 rings (SSSR count). The fourth-order valence-corrected chi connectivity index (χ4v) is 3.23. The largest absolute Gasteiger partial charge is 0.477 e. The van der Waals surface area contributed by atoms with Gasteiger partial charge in [0.15, 0.2) is 0 Å². The van der Waals surface area contributed by atoms with E-state index in [1.165, 1.54) is 0 Å². The van der Waals surface area contributed by atoms with Crippen LogP contribution in [0.25, 0.3) is 11.3 Å². The van der Waals surface area contributed by atoms with E-state index in [0.29, 0.717) is 23.7 Å². The second-order valence-electron chi connectivity index (χ2n) is 5.73. The lowest BCUT2D eigenvalue weighted by Crippen LogP contribution is -2.29. The van der Waals surface area contributed by atoms with Crippen molar-refractivity contribution in [3.8, 4) is 17.1 Å². The molecule has 0 saturated carbocycles. The average Bonchev–Trinajstić information content (AvgIpc) is 3.22. The number of amides is 1. The summed E-state index contributed by atoms with van der Waals surface area (Å²) in [4.78, 5) is 18.8. The molecule has 0 saturated heterocycles. The van der Waals surface area contributed by atoms with E-state index in [4.69, 9.17) is 4.74 Å². The minimum absolute atomic E-state index is 0.0616. The Morgan fingerprint density at radius 3 is 2.77 bits per heavy atom. The van der Waals surface area contributed by atoms with Gasteiger partial charge in [0.2, 0.25) is 5.88 Å². The monoisotopic (exact) mass is 368 g/mol. The van der Waals surface area contributed by atoms with Crippen LogP contribution in [0, 0.1) is 0 Å². The van der Waals surface area contributed by atoms with E-state index in [1.54, 1.807) is 41.6 Å². The zero-order valence-corrected chi connectivity index (χ0v) is 15.7. The summed E-state index contributed by atoms with van der Waals surface area (Å²) in [6, 6.07) is 10.9. The maximum Gasteiger partial charge on any atom is 0.254 e. The van der Waals surface area contributed by atoms with Crippen LogP contribution in [0.2, 0.25) is 0 Å². The van der Waals surface area contributed by atoms with Gasteiger partial charge in [-0.05, 0) is 32.0 Å². The molecule has 6 nitrogen and oxygen atoms in total. The topological polar surface area (TPSA) is 68.2 Å². The summed E-state index contributed by atoms with van der Waals surface area (Å²) in [5.74, 6) is 0.425. The molecule has 1 amide bonds. The molecule has 2 aromatic heterocycles. The second-order valence-corrected chi connectivity index (χ2v) is 6.66. The summed E-state index contributed by atoms with van der Waals surface area (Å²) in [7, 11) is 1.79. The van der Waals surface area contributed by atoms with Gasteiger partial charge in [-0.3, -0.25) is 4.79 Å². The highest BCUT2D eigenvalue weighted by atomic mass is 32.1. The number of carbonyl (C=O) groups is 1. The predicted octanol–water partition coefficient (Wildman–Crippen LogP) is 3.83. The molecule has 0 fully saturated rings. The Kier molecular flexibility index (Phi) is 5.58. The Balaban J connectivity index is 1.81. The van der Waals surface area contributed by atoms with Gasteiger partial charge in [-0.1, -0.05) is 12.1 Å². The number of ether oxygens (including phenoxy) is 1. The van der Waals surface area contributed by atoms with Gasteiger partial charge >= 0.3 is 0 Å². The molecular formula is C19H20N4O2S. The molecule has 0 radical (unpaired) electrons. The molecule has 134 valence electrons. The first-order chi connectivity index (χ1) is 12.6. The molecule has 0 aliphatic rings. The number of benzene rings is 1. The quantitative estimate of drug-likeness (QED) is 0.661. The Labute approximate surface area is 156 Å². The Morgan fingerprint density at radius 1 is 1.27 bits per heavy atom. The second kappa shape index (κ2) is 8.05. The smallest absolute Gasteiger partial charge is 0.254 e. The molecule has 0 aliphatic carbocycles. The predicted molar refractivity (Wildman–Crippen MR) is 101 cm³/mol. The Bertz CT molecular complexity index is 866. The summed E-state index contributed by atoms with van der Waals surface area (Å²) < 4.78 is 5.31. The van der Waals surface area contributed by atoms with Gasteiger partial charge in [0.25, 0.3) is 5.91 Å². The number of aromatic nitrogens is 3. The van der Waals surface area contributed by atoms with Crippen molar-refractivity contribution < 1.29 is 9.53 Å². The van der Waals surface area contributed by atoms with Gasteiger partial charge in [-0.15, -0.1) is 21.5 Å². The molecular weight excluding hydrogens is 348 g/mol. The minimum atomic E-state index is -0.0866. The molecule has 0 N–H and O–H groups in total. The number of hydrogen-bond acceptors (Lipinski definition) is 6.